The summed E-state index contributed by atoms with van der Waals surface area (Å²) in [4.78, 5) is 29.5. The lowest BCUT2D eigenvalue weighted by atomic mass is 9.91. The lowest BCUT2D eigenvalue weighted by Gasteiger charge is -2.36. The average Bonchev–Trinajstić information content (AvgIpc) is 2.86. The van der Waals surface area contributed by atoms with Crippen LogP contribution in [0.4, 0.5) is 0 Å². The van der Waals surface area contributed by atoms with Gasteiger partial charge in [-0.15, -0.1) is 0 Å². The fraction of sp³-hybridized carbons (Fsp3) is 0.320. The van der Waals surface area contributed by atoms with Gasteiger partial charge in [0.25, 0.3) is 5.91 Å². The van der Waals surface area contributed by atoms with Crippen LogP contribution in [-0.4, -0.2) is 60.1 Å². The van der Waals surface area contributed by atoms with Crippen molar-refractivity contribution >= 4 is 32.7 Å². The number of para-hydroxylation sites is 1. The second-order valence-corrected chi connectivity index (χ2v) is 10.8. The molecule has 4 rings (SSSR count). The van der Waals surface area contributed by atoms with Crippen molar-refractivity contribution in [3.8, 4) is 5.75 Å². The standard InChI is InChI=1S/C25H28N4O6S/c1-16-13-18(20-5-3-4-6-22(20)26-16)15-35-19-9-7-17(8-10-19)24(30)27-23-14-29(36(2,33)34)12-11-21(23)25(31)28-32/h3-10,13,21,23,32H,11-12,14-15H2,1-2H3,(H,27,30)(H,28,31)/t21-,23+/m0/s1. The Bertz CT molecular complexity index is 1380. The van der Waals surface area contributed by atoms with Crippen molar-refractivity contribution in [1.29, 1.82) is 0 Å². The smallest absolute Gasteiger partial charge is 0.251 e. The number of pyridine rings is 1. The summed E-state index contributed by atoms with van der Waals surface area (Å²) in [6.45, 7) is 2.32. The molecule has 0 unspecified atom stereocenters. The fourth-order valence-electron chi connectivity index (χ4n) is 4.40. The van der Waals surface area contributed by atoms with Gasteiger partial charge in [0.1, 0.15) is 12.4 Å². The minimum atomic E-state index is -3.50. The van der Waals surface area contributed by atoms with Crippen LogP contribution in [0.2, 0.25) is 0 Å². The molecule has 2 heterocycles. The van der Waals surface area contributed by atoms with Gasteiger partial charge in [0.05, 0.1) is 23.7 Å². The highest BCUT2D eigenvalue weighted by atomic mass is 32.2. The van der Waals surface area contributed by atoms with Gasteiger partial charge in [-0.2, -0.15) is 0 Å². The van der Waals surface area contributed by atoms with Gasteiger partial charge >= 0.3 is 0 Å². The molecule has 36 heavy (non-hydrogen) atoms. The summed E-state index contributed by atoms with van der Waals surface area (Å²) in [5.74, 6) is -1.33. The lowest BCUT2D eigenvalue weighted by Crippen LogP contribution is -2.57. The van der Waals surface area contributed by atoms with Crippen molar-refractivity contribution < 1.29 is 28.0 Å². The number of piperidine rings is 1. The fourth-order valence-corrected chi connectivity index (χ4v) is 5.26. The molecule has 190 valence electrons. The maximum Gasteiger partial charge on any atom is 0.251 e. The molecule has 1 fully saturated rings. The number of sulfonamides is 1. The summed E-state index contributed by atoms with van der Waals surface area (Å²) in [7, 11) is -3.50. The molecule has 11 heteroatoms. The number of fused-ring (bicyclic) bond motifs is 1. The van der Waals surface area contributed by atoms with Crippen LogP contribution in [0.15, 0.2) is 54.6 Å². The van der Waals surface area contributed by atoms with E-state index >= 15 is 0 Å². The van der Waals surface area contributed by atoms with Crippen molar-refractivity contribution in [1.82, 2.24) is 20.1 Å². The second-order valence-electron chi connectivity index (χ2n) is 8.83. The van der Waals surface area contributed by atoms with Crippen LogP contribution in [0, 0.1) is 12.8 Å². The Morgan fingerprint density at radius 2 is 1.89 bits per heavy atom. The number of carbonyl (C=O) groups is 2. The summed E-state index contributed by atoms with van der Waals surface area (Å²) in [5.41, 5.74) is 4.72. The maximum absolute atomic E-state index is 12.9. The number of hydrogen-bond acceptors (Lipinski definition) is 7. The summed E-state index contributed by atoms with van der Waals surface area (Å²) in [5, 5.41) is 12.8. The van der Waals surface area contributed by atoms with Crippen molar-refractivity contribution in [2.45, 2.75) is 26.0 Å². The van der Waals surface area contributed by atoms with Crippen LogP contribution >= 0.6 is 0 Å². The van der Waals surface area contributed by atoms with E-state index in [0.717, 1.165) is 28.4 Å². The molecule has 1 aromatic heterocycles. The molecule has 1 aliphatic rings. The van der Waals surface area contributed by atoms with Gasteiger partial charge in [0.2, 0.25) is 15.9 Å². The van der Waals surface area contributed by atoms with Crippen molar-refractivity contribution in [3.05, 3.63) is 71.4 Å². The van der Waals surface area contributed by atoms with Crippen LogP contribution in [0.25, 0.3) is 10.9 Å². The largest absolute Gasteiger partial charge is 0.489 e. The Morgan fingerprint density at radius 1 is 1.17 bits per heavy atom. The highest BCUT2D eigenvalue weighted by molar-refractivity contribution is 7.88. The number of nitrogens with one attached hydrogen (secondary N) is 2. The highest BCUT2D eigenvalue weighted by Crippen LogP contribution is 2.23. The third-order valence-corrected chi connectivity index (χ3v) is 7.52. The number of benzene rings is 2. The van der Waals surface area contributed by atoms with E-state index in [4.69, 9.17) is 9.94 Å². The van der Waals surface area contributed by atoms with E-state index < -0.39 is 33.8 Å². The van der Waals surface area contributed by atoms with E-state index in [9.17, 15) is 18.0 Å². The van der Waals surface area contributed by atoms with Gasteiger partial charge in [-0.05, 0) is 49.7 Å². The first-order valence-corrected chi connectivity index (χ1v) is 13.3. The van der Waals surface area contributed by atoms with Crippen LogP contribution in [0.5, 0.6) is 5.75 Å². The predicted molar refractivity (Wildman–Crippen MR) is 133 cm³/mol. The zero-order valence-corrected chi connectivity index (χ0v) is 20.8. The van der Waals surface area contributed by atoms with Crippen LogP contribution in [-0.2, 0) is 21.4 Å². The molecule has 0 saturated carbocycles. The topological polar surface area (TPSA) is 138 Å². The molecule has 1 saturated heterocycles. The molecule has 3 N–H and O–H groups in total. The number of hydrogen-bond donors (Lipinski definition) is 3. The van der Waals surface area contributed by atoms with Crippen molar-refractivity contribution in [3.63, 3.8) is 0 Å². The summed E-state index contributed by atoms with van der Waals surface area (Å²) < 4.78 is 31.1. The number of rotatable bonds is 7. The van der Waals surface area contributed by atoms with E-state index in [0.29, 0.717) is 17.9 Å². The number of ether oxygens (including phenoxy) is 1. The van der Waals surface area contributed by atoms with E-state index in [1.54, 1.807) is 29.7 Å². The zero-order valence-electron chi connectivity index (χ0n) is 20.0. The number of aryl methyl sites for hydroxylation is 1. The Hall–Kier alpha value is -3.54. The number of hydroxylamine groups is 1. The Morgan fingerprint density at radius 3 is 2.58 bits per heavy atom. The highest BCUT2D eigenvalue weighted by Gasteiger charge is 2.38. The molecular formula is C25H28N4O6S. The molecule has 2 aromatic carbocycles. The van der Waals surface area contributed by atoms with E-state index in [2.05, 4.69) is 10.3 Å². The van der Waals surface area contributed by atoms with E-state index in [1.807, 2.05) is 37.3 Å². The van der Waals surface area contributed by atoms with E-state index in [-0.39, 0.29) is 19.5 Å². The molecule has 1 aliphatic heterocycles. The minimum Gasteiger partial charge on any atom is -0.489 e. The molecule has 3 aromatic rings. The van der Waals surface area contributed by atoms with Gasteiger partial charge < -0.3 is 10.1 Å². The molecule has 0 radical (unpaired) electrons. The molecular weight excluding hydrogens is 484 g/mol. The number of aromatic nitrogens is 1. The Kier molecular flexibility index (Phi) is 7.53. The Labute approximate surface area is 209 Å². The molecule has 0 spiro atoms. The molecule has 0 bridgehead atoms. The zero-order chi connectivity index (χ0) is 25.9. The molecule has 2 atom stereocenters. The molecule has 0 aliphatic carbocycles. The first kappa shape index (κ1) is 25.5. The van der Waals surface area contributed by atoms with Crippen molar-refractivity contribution in [2.24, 2.45) is 5.92 Å². The Balaban J connectivity index is 1.43. The lowest BCUT2D eigenvalue weighted by molar-refractivity contribution is -0.135. The average molecular weight is 513 g/mol. The van der Waals surface area contributed by atoms with Crippen LogP contribution < -0.4 is 15.5 Å². The normalized spacial score (nSPS) is 18.5. The second kappa shape index (κ2) is 10.6. The van der Waals surface area contributed by atoms with Gasteiger partial charge in [0, 0.05) is 35.3 Å². The first-order chi connectivity index (χ1) is 17.2. The van der Waals surface area contributed by atoms with Crippen LogP contribution in [0.1, 0.15) is 28.0 Å². The summed E-state index contributed by atoms with van der Waals surface area (Å²) >= 11 is 0. The summed E-state index contributed by atoms with van der Waals surface area (Å²) in [6.07, 6.45) is 1.24. The summed E-state index contributed by atoms with van der Waals surface area (Å²) in [6, 6.07) is 15.6. The monoisotopic (exact) mass is 512 g/mol. The van der Waals surface area contributed by atoms with Gasteiger partial charge in [0.15, 0.2) is 0 Å². The third-order valence-electron chi connectivity index (χ3n) is 6.25. The van der Waals surface area contributed by atoms with E-state index in [1.165, 1.54) is 4.31 Å². The van der Waals surface area contributed by atoms with Crippen molar-refractivity contribution in [2.75, 3.05) is 19.3 Å². The molecule has 2 amide bonds. The predicted octanol–water partition coefficient (Wildman–Crippen LogP) is 2.01. The van der Waals surface area contributed by atoms with Gasteiger partial charge in [-0.1, -0.05) is 18.2 Å². The SMILES string of the molecule is Cc1cc(COc2ccc(C(=O)N[C@@H]3CN(S(C)(=O)=O)CC[C@@H]3C(=O)NO)cc2)c2ccccc2n1. The number of carbonyl (C=O) groups excluding carboxylic acids is 2. The van der Waals surface area contributed by atoms with Gasteiger partial charge in [-0.3, -0.25) is 19.8 Å². The minimum absolute atomic E-state index is 0.0663. The number of amides is 2. The molecule has 10 nitrogen and oxygen atoms in total. The quantitative estimate of drug-likeness (QED) is 0.325. The van der Waals surface area contributed by atoms with Crippen LogP contribution in [0.3, 0.4) is 0 Å². The third kappa shape index (κ3) is 5.81. The number of nitrogens with zero attached hydrogens (tertiary/aromatic N) is 2. The van der Waals surface area contributed by atoms with Gasteiger partial charge in [-0.25, -0.2) is 18.2 Å². The first-order valence-electron chi connectivity index (χ1n) is 11.4. The maximum atomic E-state index is 12.9.